The fraction of sp³-hybridized carbons (Fsp3) is 0.562. The standard InChI is InChI=1S/C16H26N2O/c1-3-14(12-13-17)10-11-16(19)18(4-2)15-8-6-5-7-9-15/h5-9,14H,3-4,10-13,17H2,1-2H3. The van der Waals surface area contributed by atoms with Crippen molar-refractivity contribution in [3.63, 3.8) is 0 Å². The van der Waals surface area contributed by atoms with Crippen LogP contribution in [0, 0.1) is 5.92 Å². The summed E-state index contributed by atoms with van der Waals surface area (Å²) in [5.74, 6) is 0.785. The zero-order valence-corrected chi connectivity index (χ0v) is 12.1. The second-order valence-electron chi connectivity index (χ2n) is 4.86. The van der Waals surface area contributed by atoms with Gasteiger partial charge in [-0.05, 0) is 44.4 Å². The summed E-state index contributed by atoms with van der Waals surface area (Å²) < 4.78 is 0. The van der Waals surface area contributed by atoms with Crippen molar-refractivity contribution >= 4 is 11.6 Å². The van der Waals surface area contributed by atoms with E-state index in [-0.39, 0.29) is 5.91 Å². The third kappa shape index (κ3) is 5.03. The van der Waals surface area contributed by atoms with Gasteiger partial charge in [-0.15, -0.1) is 0 Å². The van der Waals surface area contributed by atoms with Crippen molar-refractivity contribution in [3.05, 3.63) is 30.3 Å². The van der Waals surface area contributed by atoms with E-state index in [1.807, 2.05) is 42.2 Å². The van der Waals surface area contributed by atoms with E-state index in [0.717, 1.165) is 31.5 Å². The lowest BCUT2D eigenvalue weighted by Gasteiger charge is -2.22. The Labute approximate surface area is 116 Å². The normalized spacial score (nSPS) is 12.2. The van der Waals surface area contributed by atoms with E-state index >= 15 is 0 Å². The zero-order valence-electron chi connectivity index (χ0n) is 12.1. The lowest BCUT2D eigenvalue weighted by Crippen LogP contribution is -2.30. The molecule has 1 rings (SSSR count). The molecule has 0 fully saturated rings. The summed E-state index contributed by atoms with van der Waals surface area (Å²) in [5.41, 5.74) is 6.58. The Balaban J connectivity index is 2.55. The van der Waals surface area contributed by atoms with Gasteiger partial charge in [-0.3, -0.25) is 4.79 Å². The molecule has 0 saturated carbocycles. The van der Waals surface area contributed by atoms with Gasteiger partial charge in [-0.25, -0.2) is 0 Å². The molecule has 0 radical (unpaired) electrons. The summed E-state index contributed by atoms with van der Waals surface area (Å²) in [4.78, 5) is 14.2. The summed E-state index contributed by atoms with van der Waals surface area (Å²) in [6, 6.07) is 9.87. The number of hydrogen-bond acceptors (Lipinski definition) is 2. The molecule has 1 aromatic carbocycles. The molecular weight excluding hydrogens is 236 g/mol. The van der Waals surface area contributed by atoms with Crippen LogP contribution in [0.5, 0.6) is 0 Å². The van der Waals surface area contributed by atoms with Gasteiger partial charge < -0.3 is 10.6 Å². The van der Waals surface area contributed by atoms with E-state index in [2.05, 4.69) is 6.92 Å². The molecule has 19 heavy (non-hydrogen) atoms. The number of anilines is 1. The number of nitrogens with zero attached hydrogens (tertiary/aromatic N) is 1. The smallest absolute Gasteiger partial charge is 0.226 e. The molecule has 0 aromatic heterocycles. The van der Waals surface area contributed by atoms with Gasteiger partial charge in [0.15, 0.2) is 0 Å². The third-order valence-corrected chi connectivity index (χ3v) is 3.60. The molecule has 1 atom stereocenters. The first kappa shape index (κ1) is 15.7. The first-order valence-electron chi connectivity index (χ1n) is 7.28. The van der Waals surface area contributed by atoms with Crippen molar-refractivity contribution in [3.8, 4) is 0 Å². The summed E-state index contributed by atoms with van der Waals surface area (Å²) in [6.07, 6.45) is 3.67. The second kappa shape index (κ2) is 8.70. The summed E-state index contributed by atoms with van der Waals surface area (Å²) in [5, 5.41) is 0. The van der Waals surface area contributed by atoms with E-state index < -0.39 is 0 Å². The molecule has 0 bridgehead atoms. The number of rotatable bonds is 8. The first-order valence-corrected chi connectivity index (χ1v) is 7.28. The maximum atomic E-state index is 12.3. The van der Waals surface area contributed by atoms with Crippen LogP contribution in [0.4, 0.5) is 5.69 Å². The van der Waals surface area contributed by atoms with E-state index in [9.17, 15) is 4.79 Å². The van der Waals surface area contributed by atoms with Crippen LogP contribution in [0.1, 0.15) is 39.5 Å². The highest BCUT2D eigenvalue weighted by atomic mass is 16.2. The van der Waals surface area contributed by atoms with Crippen molar-refractivity contribution in [1.29, 1.82) is 0 Å². The molecule has 3 nitrogen and oxygen atoms in total. The van der Waals surface area contributed by atoms with Crippen molar-refractivity contribution in [2.24, 2.45) is 11.7 Å². The maximum absolute atomic E-state index is 12.3. The van der Waals surface area contributed by atoms with Crippen LogP contribution in [0.15, 0.2) is 30.3 Å². The molecule has 3 heteroatoms. The summed E-state index contributed by atoms with van der Waals surface area (Å²) in [6.45, 7) is 5.61. The molecule has 2 N–H and O–H groups in total. The zero-order chi connectivity index (χ0) is 14.1. The Morgan fingerprint density at radius 3 is 2.42 bits per heavy atom. The van der Waals surface area contributed by atoms with Crippen LogP contribution >= 0.6 is 0 Å². The Hall–Kier alpha value is -1.35. The van der Waals surface area contributed by atoms with Gasteiger partial charge in [0.05, 0.1) is 0 Å². The molecule has 0 aliphatic heterocycles. The molecule has 0 spiro atoms. The predicted molar refractivity (Wildman–Crippen MR) is 81.2 cm³/mol. The highest BCUT2D eigenvalue weighted by molar-refractivity contribution is 5.93. The lowest BCUT2D eigenvalue weighted by molar-refractivity contribution is -0.118. The molecule has 0 aliphatic carbocycles. The van der Waals surface area contributed by atoms with Crippen molar-refractivity contribution in [2.45, 2.75) is 39.5 Å². The van der Waals surface area contributed by atoms with E-state index in [4.69, 9.17) is 5.73 Å². The van der Waals surface area contributed by atoms with Crippen molar-refractivity contribution in [1.82, 2.24) is 0 Å². The largest absolute Gasteiger partial charge is 0.330 e. The highest BCUT2D eigenvalue weighted by Gasteiger charge is 2.15. The van der Waals surface area contributed by atoms with E-state index in [1.54, 1.807) is 0 Å². The number of carbonyl (C=O) groups excluding carboxylic acids is 1. The molecule has 0 saturated heterocycles. The number of nitrogens with two attached hydrogens (primary N) is 1. The van der Waals surface area contributed by atoms with Crippen LogP contribution in [0.25, 0.3) is 0 Å². The van der Waals surface area contributed by atoms with Crippen LogP contribution < -0.4 is 10.6 Å². The summed E-state index contributed by atoms with van der Waals surface area (Å²) in [7, 11) is 0. The average Bonchev–Trinajstić information content (AvgIpc) is 2.45. The lowest BCUT2D eigenvalue weighted by atomic mass is 9.96. The molecule has 1 amide bonds. The minimum atomic E-state index is 0.212. The van der Waals surface area contributed by atoms with E-state index in [1.165, 1.54) is 0 Å². The Morgan fingerprint density at radius 1 is 1.21 bits per heavy atom. The van der Waals surface area contributed by atoms with E-state index in [0.29, 0.717) is 18.9 Å². The fourth-order valence-corrected chi connectivity index (χ4v) is 2.36. The number of amides is 1. The number of para-hydroxylation sites is 1. The molecule has 1 aromatic rings. The average molecular weight is 262 g/mol. The van der Waals surface area contributed by atoms with Crippen molar-refractivity contribution in [2.75, 3.05) is 18.0 Å². The topological polar surface area (TPSA) is 46.3 Å². The molecule has 0 aliphatic rings. The summed E-state index contributed by atoms with van der Waals surface area (Å²) >= 11 is 0. The second-order valence-corrected chi connectivity index (χ2v) is 4.86. The number of hydrogen-bond donors (Lipinski definition) is 1. The SMILES string of the molecule is CCC(CCN)CCC(=O)N(CC)c1ccccc1. The van der Waals surface area contributed by atoms with Gasteiger partial charge in [-0.2, -0.15) is 0 Å². The first-order chi connectivity index (χ1) is 9.22. The number of carbonyl (C=O) groups is 1. The van der Waals surface area contributed by atoms with Crippen LogP contribution in [0.2, 0.25) is 0 Å². The van der Waals surface area contributed by atoms with Crippen LogP contribution in [-0.4, -0.2) is 19.0 Å². The van der Waals surface area contributed by atoms with Gasteiger partial charge in [0.1, 0.15) is 0 Å². The third-order valence-electron chi connectivity index (χ3n) is 3.60. The predicted octanol–water partition coefficient (Wildman–Crippen LogP) is 3.19. The molecule has 0 heterocycles. The monoisotopic (exact) mass is 262 g/mol. The Morgan fingerprint density at radius 2 is 1.89 bits per heavy atom. The maximum Gasteiger partial charge on any atom is 0.226 e. The Kier molecular flexibility index (Phi) is 7.19. The minimum Gasteiger partial charge on any atom is -0.330 e. The van der Waals surface area contributed by atoms with Gasteiger partial charge in [0.2, 0.25) is 5.91 Å². The minimum absolute atomic E-state index is 0.212. The molecule has 106 valence electrons. The van der Waals surface area contributed by atoms with Gasteiger partial charge in [0, 0.05) is 18.7 Å². The van der Waals surface area contributed by atoms with Crippen LogP contribution in [-0.2, 0) is 4.79 Å². The van der Waals surface area contributed by atoms with Gasteiger partial charge in [0.25, 0.3) is 0 Å². The van der Waals surface area contributed by atoms with Crippen LogP contribution in [0.3, 0.4) is 0 Å². The quantitative estimate of drug-likeness (QED) is 0.782. The molecule has 1 unspecified atom stereocenters. The fourth-order valence-electron chi connectivity index (χ4n) is 2.36. The highest BCUT2D eigenvalue weighted by Crippen LogP contribution is 2.18. The Bertz CT molecular complexity index is 364. The van der Waals surface area contributed by atoms with Gasteiger partial charge in [-0.1, -0.05) is 31.5 Å². The van der Waals surface area contributed by atoms with Gasteiger partial charge >= 0.3 is 0 Å². The number of benzene rings is 1. The van der Waals surface area contributed by atoms with Crippen molar-refractivity contribution < 1.29 is 4.79 Å². The molecular formula is C16H26N2O.